The van der Waals surface area contributed by atoms with Gasteiger partial charge in [-0.25, -0.2) is 9.97 Å². The number of hydrogen-bond donors (Lipinski definition) is 3. The molecule has 2 aromatic heterocycles. The molecule has 0 bridgehead atoms. The third-order valence-corrected chi connectivity index (χ3v) is 8.32. The zero-order valence-corrected chi connectivity index (χ0v) is 29.4. The number of benzene rings is 4. The molecule has 268 valence electrons. The van der Waals surface area contributed by atoms with Gasteiger partial charge in [0.2, 0.25) is 11.7 Å². The summed E-state index contributed by atoms with van der Waals surface area (Å²) >= 11 is 0. The van der Waals surface area contributed by atoms with Crippen LogP contribution in [0.25, 0.3) is 34.2 Å². The van der Waals surface area contributed by atoms with Gasteiger partial charge in [-0.2, -0.15) is 4.98 Å². The van der Waals surface area contributed by atoms with E-state index < -0.39 is 23.8 Å². The Morgan fingerprint density at radius 3 is 2.17 bits per heavy atom. The summed E-state index contributed by atoms with van der Waals surface area (Å²) in [7, 11) is 0. The second-order valence-electron chi connectivity index (χ2n) is 13.4. The number of nitrogens with zero attached hydrogens (tertiary/aromatic N) is 4. The first-order valence-electron chi connectivity index (χ1n) is 17.0. The minimum Gasteiger partial charge on any atom is -0.481 e. The summed E-state index contributed by atoms with van der Waals surface area (Å²) in [5.74, 6) is 0.542. The topological polar surface area (TPSA) is 169 Å². The van der Waals surface area contributed by atoms with Gasteiger partial charge in [0.25, 0.3) is 11.8 Å². The van der Waals surface area contributed by atoms with Gasteiger partial charge in [-0.1, -0.05) is 92.7 Å². The molecule has 0 fully saturated rings. The number of aromatic nitrogens is 4. The van der Waals surface area contributed by atoms with E-state index >= 15 is 0 Å². The van der Waals surface area contributed by atoms with Crippen LogP contribution in [0.4, 0.5) is 0 Å². The Morgan fingerprint density at radius 2 is 1.49 bits per heavy atom. The fourth-order valence-corrected chi connectivity index (χ4v) is 5.38. The lowest BCUT2D eigenvalue weighted by molar-refractivity contribution is -0.137. The van der Waals surface area contributed by atoms with Gasteiger partial charge in [0.05, 0.1) is 12.0 Å². The first-order chi connectivity index (χ1) is 25.5. The summed E-state index contributed by atoms with van der Waals surface area (Å²) in [6.07, 6.45) is 3.14. The molecule has 0 aliphatic heterocycles. The minimum atomic E-state index is -1.03. The third-order valence-electron chi connectivity index (χ3n) is 8.32. The molecular weight excluding hydrogens is 672 g/mol. The number of carbonyl (C=O) groups excluding carboxylic acids is 2. The van der Waals surface area contributed by atoms with Gasteiger partial charge in [0.15, 0.2) is 5.82 Å². The van der Waals surface area contributed by atoms with Crippen molar-refractivity contribution < 1.29 is 28.8 Å². The highest BCUT2D eigenvalue weighted by atomic mass is 16.5. The molecule has 0 saturated heterocycles. The highest BCUT2D eigenvalue weighted by molar-refractivity contribution is 5.97. The van der Waals surface area contributed by atoms with E-state index in [2.05, 4.69) is 51.5 Å². The summed E-state index contributed by atoms with van der Waals surface area (Å²) < 4.78 is 11.4. The van der Waals surface area contributed by atoms with Crippen molar-refractivity contribution >= 4 is 17.8 Å². The highest BCUT2D eigenvalue weighted by Crippen LogP contribution is 2.28. The lowest BCUT2D eigenvalue weighted by Crippen LogP contribution is -2.48. The van der Waals surface area contributed by atoms with Crippen LogP contribution in [-0.4, -0.2) is 55.6 Å². The van der Waals surface area contributed by atoms with E-state index in [4.69, 9.17) is 14.4 Å². The Kier molecular flexibility index (Phi) is 11.0. The molecule has 12 nitrogen and oxygen atoms in total. The molecule has 12 heteroatoms. The number of nitrogens with one attached hydrogen (secondary N) is 2. The number of ether oxygens (including phenoxy) is 1. The maximum absolute atomic E-state index is 13.2. The molecule has 0 saturated carbocycles. The van der Waals surface area contributed by atoms with Crippen molar-refractivity contribution in [2.75, 3.05) is 6.54 Å². The van der Waals surface area contributed by atoms with Crippen LogP contribution < -0.4 is 15.4 Å². The van der Waals surface area contributed by atoms with Crippen molar-refractivity contribution in [2.24, 2.45) is 0 Å². The van der Waals surface area contributed by atoms with E-state index in [9.17, 15) is 14.4 Å². The number of rotatable bonds is 13. The first-order valence-corrected chi connectivity index (χ1v) is 17.0. The fraction of sp³-hybridized carbons (Fsp3) is 0.195. The monoisotopic (exact) mass is 710 g/mol. The number of carbonyl (C=O) groups is 3. The van der Waals surface area contributed by atoms with Crippen molar-refractivity contribution in [3.8, 4) is 45.7 Å². The van der Waals surface area contributed by atoms with Crippen LogP contribution in [0.1, 0.15) is 48.7 Å². The predicted octanol–water partition coefficient (Wildman–Crippen LogP) is 6.88. The van der Waals surface area contributed by atoms with Crippen LogP contribution in [0.5, 0.6) is 11.5 Å². The normalized spacial score (nSPS) is 11.8. The number of para-hydroxylation sites is 1. The zero-order valence-electron chi connectivity index (χ0n) is 29.4. The lowest BCUT2D eigenvalue weighted by Gasteiger charge is -2.20. The molecule has 0 aliphatic carbocycles. The predicted molar refractivity (Wildman–Crippen MR) is 198 cm³/mol. The number of carboxylic acids is 1. The molecule has 3 N–H and O–H groups in total. The average Bonchev–Trinajstić information content (AvgIpc) is 3.66. The van der Waals surface area contributed by atoms with Crippen molar-refractivity contribution in [3.05, 3.63) is 132 Å². The standard InChI is InChI=1S/C41H38N6O6/c1-41(2,3)31-18-16-28(17-19-31)38(50)45-34(39(51)42-21-20-35(48)49)22-26-12-14-27(15-13-26)36-43-24-30(25-44-36)40-46-37(47-53-40)29-8-7-11-33(23-29)52-32-9-5-4-6-10-32/h4-19,23-25,34H,20-22H2,1-3H3,(H,42,51)(H,45,50)(H,48,49). The summed E-state index contributed by atoms with van der Waals surface area (Å²) in [4.78, 5) is 50.9. The first kappa shape index (κ1) is 36.1. The second kappa shape index (κ2) is 16.1. The molecule has 1 atom stereocenters. The smallest absolute Gasteiger partial charge is 0.305 e. The van der Waals surface area contributed by atoms with Gasteiger partial charge in [-0.15, -0.1) is 0 Å². The Balaban J connectivity index is 1.12. The van der Waals surface area contributed by atoms with Crippen LogP contribution >= 0.6 is 0 Å². The van der Waals surface area contributed by atoms with Crippen LogP contribution in [0.3, 0.4) is 0 Å². The summed E-state index contributed by atoms with van der Waals surface area (Å²) in [5.41, 5.74) is 4.17. The van der Waals surface area contributed by atoms with E-state index in [1.807, 2.05) is 91.0 Å². The highest BCUT2D eigenvalue weighted by Gasteiger charge is 2.23. The van der Waals surface area contributed by atoms with Crippen molar-refractivity contribution in [1.82, 2.24) is 30.7 Å². The summed E-state index contributed by atoms with van der Waals surface area (Å²) in [5, 5.41) is 18.6. The van der Waals surface area contributed by atoms with E-state index in [1.165, 1.54) is 0 Å². The Morgan fingerprint density at radius 1 is 0.792 bits per heavy atom. The van der Waals surface area contributed by atoms with E-state index in [0.717, 1.165) is 22.3 Å². The van der Waals surface area contributed by atoms with Gasteiger partial charge in [0, 0.05) is 42.0 Å². The third kappa shape index (κ3) is 9.56. The van der Waals surface area contributed by atoms with Crippen LogP contribution in [0.15, 0.2) is 120 Å². The number of hydrogen-bond acceptors (Lipinski definition) is 9. The minimum absolute atomic E-state index is 0.0606. The van der Waals surface area contributed by atoms with E-state index in [1.54, 1.807) is 24.5 Å². The van der Waals surface area contributed by atoms with Crippen LogP contribution in [0, 0.1) is 0 Å². The maximum Gasteiger partial charge on any atom is 0.305 e. The van der Waals surface area contributed by atoms with Crippen molar-refractivity contribution in [2.45, 2.75) is 45.1 Å². The summed E-state index contributed by atoms with van der Waals surface area (Å²) in [6.45, 7) is 6.20. The molecule has 2 heterocycles. The maximum atomic E-state index is 13.2. The Labute approximate surface area is 306 Å². The van der Waals surface area contributed by atoms with Gasteiger partial charge < -0.3 is 25.0 Å². The van der Waals surface area contributed by atoms with Crippen molar-refractivity contribution in [3.63, 3.8) is 0 Å². The van der Waals surface area contributed by atoms with Crippen LogP contribution in [-0.2, 0) is 21.4 Å². The zero-order chi connectivity index (χ0) is 37.4. The molecule has 0 spiro atoms. The Bertz CT molecular complexity index is 2180. The number of carboxylic acid groups (broad SMARTS) is 1. The van der Waals surface area contributed by atoms with Gasteiger partial charge >= 0.3 is 5.97 Å². The largest absolute Gasteiger partial charge is 0.481 e. The number of amides is 2. The second-order valence-corrected chi connectivity index (χ2v) is 13.4. The molecule has 0 radical (unpaired) electrons. The van der Waals surface area contributed by atoms with Gasteiger partial charge in [0.1, 0.15) is 17.5 Å². The summed E-state index contributed by atoms with van der Waals surface area (Å²) in [6, 6.07) is 30.5. The lowest BCUT2D eigenvalue weighted by atomic mass is 9.86. The fourth-order valence-electron chi connectivity index (χ4n) is 5.38. The van der Waals surface area contributed by atoms with Gasteiger partial charge in [-0.05, 0) is 52.9 Å². The average molecular weight is 711 g/mol. The quantitative estimate of drug-likeness (QED) is 0.115. The van der Waals surface area contributed by atoms with Crippen LogP contribution in [0.2, 0.25) is 0 Å². The molecule has 1 unspecified atom stereocenters. The molecule has 6 aromatic rings. The molecule has 4 aromatic carbocycles. The molecule has 53 heavy (non-hydrogen) atoms. The number of aliphatic carboxylic acids is 1. The molecular formula is C41H38N6O6. The Hall–Kier alpha value is -6.69. The SMILES string of the molecule is CC(C)(C)c1ccc(C(=O)NC(Cc2ccc(-c3ncc(-c4nc(-c5cccc(Oc6ccccc6)c5)no4)cn3)cc2)C(=O)NCCC(=O)O)cc1. The molecule has 6 rings (SSSR count). The molecule has 0 aliphatic rings. The van der Waals surface area contributed by atoms with E-state index in [-0.39, 0.29) is 30.7 Å². The van der Waals surface area contributed by atoms with E-state index in [0.29, 0.717) is 34.3 Å². The molecule has 2 amide bonds. The van der Waals surface area contributed by atoms with Gasteiger partial charge in [-0.3, -0.25) is 14.4 Å². The van der Waals surface area contributed by atoms with Crippen molar-refractivity contribution in [1.29, 1.82) is 0 Å².